The number of carbonyl (C=O) groups excluding carboxylic acids is 2. The average Bonchev–Trinajstić information content (AvgIpc) is 3.23. The molecule has 5 rings (SSSR count). The van der Waals surface area contributed by atoms with Crippen molar-refractivity contribution in [2.45, 2.75) is 56.8 Å². The molecular formula is C16H20N4O7. The summed E-state index contributed by atoms with van der Waals surface area (Å²) in [7, 11) is 1.23. The minimum absolute atomic E-state index is 0.0830. The highest BCUT2D eigenvalue weighted by atomic mass is 16.8. The number of nitrogens with one attached hydrogen (secondary N) is 1. The van der Waals surface area contributed by atoms with Crippen LogP contribution in [0.5, 0.6) is 0 Å². The number of hydrogen-bond donors (Lipinski definition) is 1. The number of esters is 1. The van der Waals surface area contributed by atoms with Crippen LogP contribution >= 0.6 is 0 Å². The van der Waals surface area contributed by atoms with Crippen LogP contribution in [0.2, 0.25) is 0 Å². The van der Waals surface area contributed by atoms with Crippen molar-refractivity contribution < 1.29 is 33.3 Å². The Balaban J connectivity index is 1.43. The Morgan fingerprint density at radius 2 is 2.11 bits per heavy atom. The Hall–Kier alpha value is -2.08. The second-order valence-corrected chi connectivity index (χ2v) is 7.59. The van der Waals surface area contributed by atoms with Crippen LogP contribution in [0, 0.1) is 5.92 Å². The van der Waals surface area contributed by atoms with E-state index in [2.05, 4.69) is 15.6 Å². The normalized spacial score (nSPS) is 38.9. The molecule has 0 unspecified atom stereocenters. The summed E-state index contributed by atoms with van der Waals surface area (Å²) in [4.78, 5) is 24.7. The van der Waals surface area contributed by atoms with Crippen LogP contribution < -0.4 is 5.32 Å². The molecule has 27 heavy (non-hydrogen) atoms. The lowest BCUT2D eigenvalue weighted by Crippen LogP contribution is -2.58. The molecule has 146 valence electrons. The van der Waals surface area contributed by atoms with Gasteiger partial charge in [0.25, 0.3) is 5.91 Å². The maximum Gasteiger partial charge on any atom is 0.361 e. The van der Waals surface area contributed by atoms with Gasteiger partial charge in [0.05, 0.1) is 26.3 Å². The zero-order chi connectivity index (χ0) is 18.9. The first-order valence-electron chi connectivity index (χ1n) is 8.83. The van der Waals surface area contributed by atoms with Gasteiger partial charge in [-0.3, -0.25) is 4.79 Å². The zero-order valence-corrected chi connectivity index (χ0v) is 15.1. The lowest BCUT2D eigenvalue weighted by atomic mass is 9.89. The molecule has 1 N–H and O–H groups in total. The number of carbonyl (C=O) groups is 2. The van der Waals surface area contributed by atoms with Gasteiger partial charge in [-0.2, -0.15) is 0 Å². The molecule has 1 aromatic rings. The molecule has 0 bridgehead atoms. The Bertz CT molecular complexity index is 809. The van der Waals surface area contributed by atoms with E-state index in [-0.39, 0.29) is 35.6 Å². The number of methoxy groups -OCH3 is 1. The number of nitrogens with zero attached hydrogens (tertiary/aromatic N) is 3. The minimum atomic E-state index is -0.740. The lowest BCUT2D eigenvalue weighted by Gasteiger charge is -2.39. The monoisotopic (exact) mass is 380 g/mol. The van der Waals surface area contributed by atoms with Crippen LogP contribution in [0.15, 0.2) is 0 Å². The Morgan fingerprint density at radius 3 is 2.89 bits per heavy atom. The van der Waals surface area contributed by atoms with E-state index in [1.165, 1.54) is 11.8 Å². The SMILES string of the molecule is COC(=O)c1nnn2c1C(=O)N[C@@H]1[C@@H](CO[C@H]3[C@@H]1O[C@@H]1OC(C)(C)O[C@@H]13)C2. The predicted molar refractivity (Wildman–Crippen MR) is 84.5 cm³/mol. The van der Waals surface area contributed by atoms with Crippen LogP contribution in [0.3, 0.4) is 0 Å². The summed E-state index contributed by atoms with van der Waals surface area (Å²) in [6.45, 7) is 4.39. The Labute approximate surface area is 154 Å². The van der Waals surface area contributed by atoms with Crippen molar-refractivity contribution in [3.63, 3.8) is 0 Å². The van der Waals surface area contributed by atoms with Crippen molar-refractivity contribution in [2.24, 2.45) is 5.92 Å². The van der Waals surface area contributed by atoms with E-state index in [0.717, 1.165) is 0 Å². The summed E-state index contributed by atoms with van der Waals surface area (Å²) < 4.78 is 29.9. The second kappa shape index (κ2) is 5.71. The van der Waals surface area contributed by atoms with Crippen LogP contribution in [-0.4, -0.2) is 77.0 Å². The molecule has 0 aliphatic carbocycles. The quantitative estimate of drug-likeness (QED) is 0.615. The van der Waals surface area contributed by atoms with Gasteiger partial charge in [-0.15, -0.1) is 5.10 Å². The maximum atomic E-state index is 12.8. The largest absolute Gasteiger partial charge is 0.464 e. The molecular weight excluding hydrogens is 360 g/mol. The van der Waals surface area contributed by atoms with Crippen LogP contribution in [-0.2, 0) is 30.2 Å². The van der Waals surface area contributed by atoms with Gasteiger partial charge in [0, 0.05) is 5.92 Å². The van der Waals surface area contributed by atoms with Crippen molar-refractivity contribution in [3.8, 4) is 0 Å². The van der Waals surface area contributed by atoms with Gasteiger partial charge in [-0.05, 0) is 13.8 Å². The molecule has 11 heteroatoms. The summed E-state index contributed by atoms with van der Waals surface area (Å²) >= 11 is 0. The highest BCUT2D eigenvalue weighted by Crippen LogP contribution is 2.43. The van der Waals surface area contributed by atoms with Crippen molar-refractivity contribution in [3.05, 3.63) is 11.4 Å². The number of fused-ring (bicyclic) bond motifs is 6. The van der Waals surface area contributed by atoms with E-state index in [1.807, 2.05) is 13.8 Å². The third-order valence-corrected chi connectivity index (χ3v) is 5.43. The molecule has 4 aliphatic rings. The molecule has 0 saturated carbocycles. The minimum Gasteiger partial charge on any atom is -0.464 e. The van der Waals surface area contributed by atoms with Gasteiger partial charge in [0.15, 0.2) is 17.8 Å². The number of hydrogen-bond acceptors (Lipinski definition) is 9. The number of aromatic nitrogens is 3. The summed E-state index contributed by atoms with van der Waals surface area (Å²) in [5, 5.41) is 10.7. The molecule has 0 spiro atoms. The van der Waals surface area contributed by atoms with Gasteiger partial charge in [-0.1, -0.05) is 5.21 Å². The number of amides is 1. The first-order chi connectivity index (χ1) is 12.9. The summed E-state index contributed by atoms with van der Waals surface area (Å²) in [5.41, 5.74) is -0.0247. The molecule has 3 fully saturated rings. The third-order valence-electron chi connectivity index (χ3n) is 5.43. The van der Waals surface area contributed by atoms with Crippen molar-refractivity contribution in [1.29, 1.82) is 0 Å². The van der Waals surface area contributed by atoms with Gasteiger partial charge < -0.3 is 29.0 Å². The number of ether oxygens (including phenoxy) is 5. The molecule has 0 radical (unpaired) electrons. The van der Waals surface area contributed by atoms with E-state index in [0.29, 0.717) is 13.2 Å². The standard InChI is InChI=1S/C16H20N4O7/c1-16(2)26-12-11-10(25-15(12)27-16)7-6(5-24-11)4-20-9(13(21)17-7)8(18-19-20)14(22)23-3/h6-7,10-12,15H,4-5H2,1-3H3,(H,17,21)/t6-,7-,10-,11+,12-,15-/m1/s1. The van der Waals surface area contributed by atoms with E-state index < -0.39 is 30.1 Å². The molecule has 3 saturated heterocycles. The summed E-state index contributed by atoms with van der Waals surface area (Å²) in [5.74, 6) is -2.00. The summed E-state index contributed by atoms with van der Waals surface area (Å²) in [6.07, 6.45) is -1.66. The Morgan fingerprint density at radius 1 is 1.30 bits per heavy atom. The van der Waals surface area contributed by atoms with Crippen LogP contribution in [0.25, 0.3) is 0 Å². The molecule has 0 aromatic carbocycles. The van der Waals surface area contributed by atoms with Crippen LogP contribution in [0.4, 0.5) is 0 Å². The molecule has 5 heterocycles. The smallest absolute Gasteiger partial charge is 0.361 e. The number of rotatable bonds is 1. The van der Waals surface area contributed by atoms with Gasteiger partial charge in [0.1, 0.15) is 18.3 Å². The van der Waals surface area contributed by atoms with Gasteiger partial charge in [0.2, 0.25) is 5.69 Å². The predicted octanol–water partition coefficient (Wildman–Crippen LogP) is -0.932. The molecule has 1 amide bonds. The maximum absolute atomic E-state index is 12.8. The van der Waals surface area contributed by atoms with E-state index in [4.69, 9.17) is 23.7 Å². The average molecular weight is 380 g/mol. The fourth-order valence-corrected chi connectivity index (χ4v) is 4.30. The van der Waals surface area contributed by atoms with E-state index >= 15 is 0 Å². The molecule has 6 atom stereocenters. The van der Waals surface area contributed by atoms with Gasteiger partial charge >= 0.3 is 5.97 Å². The van der Waals surface area contributed by atoms with E-state index in [9.17, 15) is 9.59 Å². The first kappa shape index (κ1) is 17.0. The first-order valence-corrected chi connectivity index (χ1v) is 8.83. The van der Waals surface area contributed by atoms with Gasteiger partial charge in [-0.25, -0.2) is 9.48 Å². The fourth-order valence-electron chi connectivity index (χ4n) is 4.30. The topological polar surface area (TPSA) is 123 Å². The molecule has 1 aromatic heterocycles. The van der Waals surface area contributed by atoms with Crippen LogP contribution in [0.1, 0.15) is 34.8 Å². The van der Waals surface area contributed by atoms with Crippen molar-refractivity contribution in [2.75, 3.05) is 13.7 Å². The highest BCUT2D eigenvalue weighted by Gasteiger charge is 2.60. The van der Waals surface area contributed by atoms with E-state index in [1.54, 1.807) is 0 Å². The molecule has 4 aliphatic heterocycles. The molecule has 11 nitrogen and oxygen atoms in total. The van der Waals surface area contributed by atoms with Crippen molar-refractivity contribution >= 4 is 11.9 Å². The highest BCUT2D eigenvalue weighted by molar-refractivity contribution is 6.03. The zero-order valence-electron chi connectivity index (χ0n) is 15.1. The summed E-state index contributed by atoms with van der Waals surface area (Å²) in [6, 6.07) is -0.329. The lowest BCUT2D eigenvalue weighted by molar-refractivity contribution is -0.233. The third kappa shape index (κ3) is 2.49. The fraction of sp³-hybridized carbons (Fsp3) is 0.750. The van der Waals surface area contributed by atoms with Crippen molar-refractivity contribution in [1.82, 2.24) is 20.3 Å². The second-order valence-electron chi connectivity index (χ2n) is 7.59. The Kier molecular flexibility index (Phi) is 3.60.